The zero-order valence-electron chi connectivity index (χ0n) is 20.8. The van der Waals surface area contributed by atoms with Crippen LogP contribution in [0.1, 0.15) is 10.4 Å². The molecule has 1 saturated heterocycles. The minimum absolute atomic E-state index is 0. The third-order valence-corrected chi connectivity index (χ3v) is 8.50. The van der Waals surface area contributed by atoms with Gasteiger partial charge >= 0.3 is 5.97 Å². The Morgan fingerprint density at radius 2 is 1.70 bits per heavy atom. The first-order valence-corrected chi connectivity index (χ1v) is 14.1. The van der Waals surface area contributed by atoms with Crippen LogP contribution in [-0.2, 0) is 14.8 Å². The summed E-state index contributed by atoms with van der Waals surface area (Å²) in [4.78, 5) is 30.6. The molecule has 10 nitrogen and oxygen atoms in total. The number of nitrogens with zero attached hydrogens (tertiary/aromatic N) is 4. The van der Waals surface area contributed by atoms with Gasteiger partial charge in [-0.1, -0.05) is 23.2 Å². The first kappa shape index (κ1) is 29.6. The minimum atomic E-state index is -4.32. The maximum absolute atomic E-state index is 13.5. The maximum Gasteiger partial charge on any atom is 0.324 e. The number of rotatable bonds is 7. The quantitative estimate of drug-likeness (QED) is 0.318. The highest BCUT2D eigenvalue weighted by Crippen LogP contribution is 2.31. The Balaban J connectivity index is 0.00000370. The number of amides is 1. The van der Waals surface area contributed by atoms with E-state index in [1.807, 2.05) is 0 Å². The molecule has 0 atom stereocenters. The minimum Gasteiger partial charge on any atom is -0.480 e. The van der Waals surface area contributed by atoms with Crippen molar-refractivity contribution in [2.24, 2.45) is 0 Å². The van der Waals surface area contributed by atoms with Crippen molar-refractivity contribution >= 4 is 74.1 Å². The molecular weight excluding hydrogens is 601 g/mol. The lowest BCUT2D eigenvalue weighted by molar-refractivity contribution is -0.135. The van der Waals surface area contributed by atoms with E-state index >= 15 is 0 Å². The van der Waals surface area contributed by atoms with E-state index in [-0.39, 0.29) is 38.9 Å². The number of carboxylic acid groups (broad SMARTS) is 1. The number of hydrogen-bond donors (Lipinski definition) is 2. The Morgan fingerprint density at radius 1 is 1.00 bits per heavy atom. The van der Waals surface area contributed by atoms with Crippen molar-refractivity contribution in [1.82, 2.24) is 19.8 Å². The lowest BCUT2D eigenvalue weighted by Crippen LogP contribution is -2.46. The number of nitrogens with one attached hydrogen (secondary N) is 1. The van der Waals surface area contributed by atoms with Gasteiger partial charge in [0.15, 0.2) is 0 Å². The predicted molar refractivity (Wildman–Crippen MR) is 156 cm³/mol. The number of carboxylic acids is 1. The molecule has 2 N–H and O–H groups in total. The zero-order valence-corrected chi connectivity index (χ0v) is 24.0. The summed E-state index contributed by atoms with van der Waals surface area (Å²) in [7, 11) is -4.32. The molecule has 4 aromatic rings. The van der Waals surface area contributed by atoms with Gasteiger partial charge in [0.1, 0.15) is 12.4 Å². The van der Waals surface area contributed by atoms with Crippen LogP contribution in [0.2, 0.25) is 10.0 Å². The number of aromatic nitrogens is 2. The first-order chi connectivity index (χ1) is 18.6. The highest BCUT2D eigenvalue weighted by Gasteiger charge is 2.28. The smallest absolute Gasteiger partial charge is 0.324 e. The summed E-state index contributed by atoms with van der Waals surface area (Å²) in [5, 5.41) is 13.6. The average molecular weight is 625 g/mol. The maximum atomic E-state index is 13.5. The third kappa shape index (κ3) is 6.03. The van der Waals surface area contributed by atoms with Gasteiger partial charge in [-0.25, -0.2) is 13.4 Å². The molecule has 14 heteroatoms. The van der Waals surface area contributed by atoms with Crippen LogP contribution in [0.3, 0.4) is 0 Å². The molecule has 210 valence electrons. The van der Waals surface area contributed by atoms with Gasteiger partial charge in [0.05, 0.1) is 16.1 Å². The molecule has 0 spiro atoms. The Bertz CT molecular complexity index is 1670. The van der Waals surface area contributed by atoms with Gasteiger partial charge in [-0.05, 0) is 54.6 Å². The number of fused-ring (bicyclic) bond motifs is 1. The van der Waals surface area contributed by atoms with Gasteiger partial charge in [-0.2, -0.15) is 0 Å². The van der Waals surface area contributed by atoms with Crippen molar-refractivity contribution in [2.45, 2.75) is 4.90 Å². The van der Waals surface area contributed by atoms with Gasteiger partial charge in [0.25, 0.3) is 15.9 Å². The molecule has 0 unspecified atom stereocenters. The summed E-state index contributed by atoms with van der Waals surface area (Å²) in [6.45, 7) is 1.93. The van der Waals surface area contributed by atoms with Crippen LogP contribution in [0.4, 0.5) is 5.69 Å². The molecule has 1 aliphatic heterocycles. The van der Waals surface area contributed by atoms with Crippen LogP contribution < -0.4 is 9.62 Å². The van der Waals surface area contributed by atoms with Crippen LogP contribution in [0.25, 0.3) is 16.7 Å². The summed E-state index contributed by atoms with van der Waals surface area (Å²) in [5.74, 6) is -0.892. The number of hydrogen-bond acceptors (Lipinski definition) is 6. The van der Waals surface area contributed by atoms with Gasteiger partial charge in [-0.3, -0.25) is 13.9 Å². The SMILES string of the molecule is Cl.O=C(O)CN(c1ccc2c(ccn2-c2cc(C(=O)N3CCNCC3)ccn2)c1)S(=O)(=O)c1cc(Cl)cc(Cl)c1. The molecule has 5 rings (SSSR count). The summed E-state index contributed by atoms with van der Waals surface area (Å²) in [5.41, 5.74) is 1.35. The van der Waals surface area contributed by atoms with Gasteiger partial charge < -0.3 is 19.9 Å². The number of aliphatic carboxylic acids is 1. The van der Waals surface area contributed by atoms with E-state index in [1.54, 1.807) is 52.2 Å². The molecule has 0 aliphatic carbocycles. The van der Waals surface area contributed by atoms with Crippen molar-refractivity contribution in [3.63, 3.8) is 0 Å². The Labute approximate surface area is 246 Å². The number of halogens is 3. The van der Waals surface area contributed by atoms with E-state index in [2.05, 4.69) is 10.3 Å². The molecule has 0 bridgehead atoms. The fourth-order valence-corrected chi connectivity index (χ4v) is 6.59. The van der Waals surface area contributed by atoms with Crippen LogP contribution >= 0.6 is 35.6 Å². The number of pyridine rings is 1. The monoisotopic (exact) mass is 623 g/mol. The molecule has 1 amide bonds. The lowest BCUT2D eigenvalue weighted by Gasteiger charge is -2.27. The van der Waals surface area contributed by atoms with Gasteiger partial charge in [0, 0.05) is 59.6 Å². The van der Waals surface area contributed by atoms with Crippen molar-refractivity contribution < 1.29 is 23.1 Å². The Morgan fingerprint density at radius 3 is 2.38 bits per heavy atom. The second-order valence-corrected chi connectivity index (χ2v) is 11.6. The normalized spacial score (nSPS) is 13.6. The Hall–Kier alpha value is -3.35. The number of carbonyl (C=O) groups is 2. The summed E-state index contributed by atoms with van der Waals surface area (Å²) in [6.07, 6.45) is 3.32. The van der Waals surface area contributed by atoms with E-state index in [0.717, 1.165) is 17.4 Å². The second-order valence-electron chi connectivity index (χ2n) is 8.88. The van der Waals surface area contributed by atoms with Crippen molar-refractivity contribution in [3.8, 4) is 5.82 Å². The third-order valence-electron chi connectivity index (χ3n) is 6.31. The number of carbonyl (C=O) groups excluding carboxylic acids is 1. The first-order valence-electron chi connectivity index (χ1n) is 11.9. The molecule has 1 aliphatic rings. The van der Waals surface area contributed by atoms with Crippen LogP contribution in [-0.4, -0.2) is 72.6 Å². The van der Waals surface area contributed by atoms with E-state index in [0.29, 0.717) is 35.4 Å². The molecular formula is C26H24Cl3N5O5S. The van der Waals surface area contributed by atoms with E-state index in [4.69, 9.17) is 23.2 Å². The highest BCUT2D eigenvalue weighted by molar-refractivity contribution is 7.92. The molecule has 2 aromatic carbocycles. The number of piperazine rings is 1. The van der Waals surface area contributed by atoms with Gasteiger partial charge in [-0.15, -0.1) is 12.4 Å². The average Bonchev–Trinajstić information content (AvgIpc) is 3.34. The van der Waals surface area contributed by atoms with Crippen molar-refractivity contribution in [2.75, 3.05) is 37.0 Å². The predicted octanol–water partition coefficient (Wildman–Crippen LogP) is 4.08. The molecule has 40 heavy (non-hydrogen) atoms. The standard InChI is InChI=1S/C26H23Cl2N5O5S.ClH/c27-19-13-20(28)15-22(14-19)39(37,38)33(16-25(34)35)21-1-2-23-17(11-21)4-8-32(23)24-12-18(3-5-30-24)26(36)31-9-6-29-7-10-31;/h1-5,8,11-15,29H,6-7,9-10,16H2,(H,34,35);1H. The van der Waals surface area contributed by atoms with Crippen LogP contribution in [0.15, 0.2) is 71.9 Å². The zero-order chi connectivity index (χ0) is 27.7. The van der Waals surface area contributed by atoms with Crippen molar-refractivity contribution in [1.29, 1.82) is 0 Å². The van der Waals surface area contributed by atoms with Crippen molar-refractivity contribution in [3.05, 3.63) is 82.6 Å². The van der Waals surface area contributed by atoms with E-state index in [1.165, 1.54) is 24.3 Å². The molecule has 2 aromatic heterocycles. The summed E-state index contributed by atoms with van der Waals surface area (Å²) in [6, 6.07) is 13.7. The van der Waals surface area contributed by atoms with Gasteiger partial charge in [0.2, 0.25) is 0 Å². The fourth-order valence-electron chi connectivity index (χ4n) is 4.46. The molecule has 0 radical (unpaired) electrons. The topological polar surface area (TPSA) is 125 Å². The van der Waals surface area contributed by atoms with Crippen LogP contribution in [0, 0.1) is 0 Å². The summed E-state index contributed by atoms with van der Waals surface area (Å²) < 4.78 is 29.5. The number of anilines is 1. The fraction of sp³-hybridized carbons (Fsp3) is 0.192. The van der Waals surface area contributed by atoms with E-state index < -0.39 is 22.5 Å². The second kappa shape index (κ2) is 12.0. The summed E-state index contributed by atoms with van der Waals surface area (Å²) >= 11 is 12.0. The molecule has 3 heterocycles. The largest absolute Gasteiger partial charge is 0.480 e. The van der Waals surface area contributed by atoms with E-state index in [9.17, 15) is 23.1 Å². The highest BCUT2D eigenvalue weighted by atomic mass is 35.5. The Kier molecular flexibility index (Phi) is 8.91. The molecule has 0 saturated carbocycles. The lowest BCUT2D eigenvalue weighted by atomic mass is 10.2. The number of benzene rings is 2. The van der Waals surface area contributed by atoms with Crippen LogP contribution in [0.5, 0.6) is 0 Å². The molecule has 1 fully saturated rings. The number of sulfonamides is 1.